The van der Waals surface area contributed by atoms with Crippen molar-refractivity contribution in [2.24, 2.45) is 0 Å². The van der Waals surface area contributed by atoms with E-state index in [2.05, 4.69) is 33.0 Å². The van der Waals surface area contributed by atoms with Crippen LogP contribution < -0.4 is 9.80 Å². The normalized spacial score (nSPS) is 19.0. The summed E-state index contributed by atoms with van der Waals surface area (Å²) in [5, 5.41) is 12.0. The number of aryl methyl sites for hydroxylation is 1. The second kappa shape index (κ2) is 6.50. The molecular formula is C20H27N3O. The fraction of sp³-hybridized carbons (Fsp3) is 0.550. The van der Waals surface area contributed by atoms with Crippen molar-refractivity contribution in [2.75, 3.05) is 36.0 Å². The first-order chi connectivity index (χ1) is 11.7. The smallest absolute Gasteiger partial charge is 0.165 e. The second-order valence-electron chi connectivity index (χ2n) is 7.21. The number of hydrogen-bond acceptors (Lipinski definition) is 4. The number of rotatable bonds is 2. The Labute approximate surface area is 144 Å². The molecule has 2 aromatic rings. The summed E-state index contributed by atoms with van der Waals surface area (Å²) in [4.78, 5) is 9.51. The van der Waals surface area contributed by atoms with Gasteiger partial charge in [-0.1, -0.05) is 0 Å². The third-order valence-electron chi connectivity index (χ3n) is 5.44. The first-order valence-electron chi connectivity index (χ1n) is 9.37. The summed E-state index contributed by atoms with van der Waals surface area (Å²) in [5.41, 5.74) is 3.94. The van der Waals surface area contributed by atoms with Gasteiger partial charge in [-0.15, -0.1) is 0 Å². The molecule has 0 unspecified atom stereocenters. The number of benzene rings is 1. The third kappa shape index (κ3) is 2.79. The Balaban J connectivity index is 1.87. The number of fused-ring (bicyclic) bond motifs is 1. The Morgan fingerprint density at radius 3 is 2.04 bits per heavy atom. The van der Waals surface area contributed by atoms with Crippen LogP contribution in [0.3, 0.4) is 0 Å². The summed E-state index contributed by atoms with van der Waals surface area (Å²) in [7, 11) is 0. The number of pyridine rings is 1. The molecule has 1 aromatic heterocycles. The summed E-state index contributed by atoms with van der Waals surface area (Å²) in [6.45, 7) is 6.27. The van der Waals surface area contributed by atoms with E-state index in [1.54, 1.807) is 0 Å². The fourth-order valence-corrected chi connectivity index (χ4v) is 4.11. The van der Waals surface area contributed by atoms with E-state index in [1.165, 1.54) is 44.2 Å². The molecule has 1 aromatic carbocycles. The molecule has 4 heteroatoms. The van der Waals surface area contributed by atoms with Gasteiger partial charge in [-0.3, -0.25) is 0 Å². The molecule has 3 heterocycles. The number of hydrogen-bond donors (Lipinski definition) is 1. The zero-order chi connectivity index (χ0) is 16.5. The van der Waals surface area contributed by atoms with E-state index in [0.717, 1.165) is 48.5 Å². The molecule has 2 saturated heterocycles. The average Bonchev–Trinajstić information content (AvgIpc) is 2.64. The van der Waals surface area contributed by atoms with Crippen LogP contribution in [-0.4, -0.2) is 36.3 Å². The lowest BCUT2D eigenvalue weighted by molar-refractivity contribution is 0.474. The molecule has 24 heavy (non-hydrogen) atoms. The fourth-order valence-electron chi connectivity index (χ4n) is 4.11. The van der Waals surface area contributed by atoms with Gasteiger partial charge in [0.25, 0.3) is 0 Å². The molecule has 0 saturated carbocycles. The van der Waals surface area contributed by atoms with Crippen molar-refractivity contribution in [1.29, 1.82) is 0 Å². The van der Waals surface area contributed by atoms with Gasteiger partial charge in [0.2, 0.25) is 0 Å². The van der Waals surface area contributed by atoms with Crippen LogP contribution in [0.4, 0.5) is 11.4 Å². The van der Waals surface area contributed by atoms with Crippen molar-refractivity contribution in [2.45, 2.75) is 45.4 Å². The van der Waals surface area contributed by atoms with Crippen LogP contribution in [0.5, 0.6) is 5.75 Å². The molecule has 0 amide bonds. The lowest BCUT2D eigenvalue weighted by Crippen LogP contribution is -2.31. The number of nitrogens with zero attached hydrogens (tertiary/aromatic N) is 3. The number of aromatic hydroxyl groups is 1. The molecule has 0 spiro atoms. The highest BCUT2D eigenvalue weighted by Crippen LogP contribution is 2.42. The zero-order valence-corrected chi connectivity index (χ0v) is 14.6. The van der Waals surface area contributed by atoms with Gasteiger partial charge in [0.05, 0.1) is 5.69 Å². The van der Waals surface area contributed by atoms with Gasteiger partial charge < -0.3 is 14.9 Å². The predicted molar refractivity (Wildman–Crippen MR) is 100 cm³/mol. The van der Waals surface area contributed by atoms with Crippen molar-refractivity contribution >= 4 is 22.3 Å². The maximum absolute atomic E-state index is 10.9. The summed E-state index contributed by atoms with van der Waals surface area (Å²) < 4.78 is 0. The van der Waals surface area contributed by atoms with Crippen molar-refractivity contribution in [3.05, 3.63) is 23.9 Å². The largest absolute Gasteiger partial charge is 0.504 e. The minimum atomic E-state index is 0.358. The summed E-state index contributed by atoms with van der Waals surface area (Å²) >= 11 is 0. The zero-order valence-electron chi connectivity index (χ0n) is 14.6. The van der Waals surface area contributed by atoms with Gasteiger partial charge in [0.15, 0.2) is 5.75 Å². The highest BCUT2D eigenvalue weighted by atomic mass is 16.3. The Morgan fingerprint density at radius 2 is 1.42 bits per heavy atom. The van der Waals surface area contributed by atoms with Crippen molar-refractivity contribution in [1.82, 2.24) is 4.98 Å². The van der Waals surface area contributed by atoms with Crippen LogP contribution in [0.15, 0.2) is 18.2 Å². The van der Waals surface area contributed by atoms with Crippen LogP contribution in [0.2, 0.25) is 0 Å². The van der Waals surface area contributed by atoms with E-state index in [0.29, 0.717) is 5.75 Å². The highest BCUT2D eigenvalue weighted by molar-refractivity contribution is 6.00. The SMILES string of the molecule is Cc1ccc2c(N3CCCCC3)cc(N3CCCCC3)c(O)c2n1. The molecule has 0 bridgehead atoms. The first kappa shape index (κ1) is 15.6. The number of piperidine rings is 2. The molecule has 4 rings (SSSR count). The van der Waals surface area contributed by atoms with Gasteiger partial charge >= 0.3 is 0 Å². The molecule has 4 nitrogen and oxygen atoms in total. The Morgan fingerprint density at radius 1 is 0.833 bits per heavy atom. The van der Waals surface area contributed by atoms with Gasteiger partial charge in [0.1, 0.15) is 5.52 Å². The predicted octanol–water partition coefficient (Wildman–Crippen LogP) is 4.23. The molecule has 1 N–H and O–H groups in total. The van der Waals surface area contributed by atoms with Gasteiger partial charge in [-0.2, -0.15) is 0 Å². The van der Waals surface area contributed by atoms with E-state index < -0.39 is 0 Å². The Hall–Kier alpha value is -1.97. The average molecular weight is 325 g/mol. The minimum absolute atomic E-state index is 0.358. The van der Waals surface area contributed by atoms with E-state index in [4.69, 9.17) is 0 Å². The summed E-state index contributed by atoms with van der Waals surface area (Å²) in [5.74, 6) is 0.358. The molecule has 0 radical (unpaired) electrons. The number of phenolic OH excluding ortho intramolecular Hbond substituents is 1. The molecule has 0 atom stereocenters. The highest BCUT2D eigenvalue weighted by Gasteiger charge is 2.22. The molecule has 2 aliphatic rings. The Kier molecular flexibility index (Phi) is 4.21. The summed E-state index contributed by atoms with van der Waals surface area (Å²) in [6, 6.07) is 6.39. The van der Waals surface area contributed by atoms with Crippen molar-refractivity contribution in [3.8, 4) is 5.75 Å². The topological polar surface area (TPSA) is 39.6 Å². The lowest BCUT2D eigenvalue weighted by atomic mass is 10.0. The quantitative estimate of drug-likeness (QED) is 0.897. The lowest BCUT2D eigenvalue weighted by Gasteiger charge is -2.33. The van der Waals surface area contributed by atoms with E-state index in [9.17, 15) is 5.11 Å². The Bertz CT molecular complexity index is 731. The van der Waals surface area contributed by atoms with Crippen molar-refractivity contribution < 1.29 is 5.11 Å². The number of anilines is 2. The number of phenols is 1. The maximum Gasteiger partial charge on any atom is 0.165 e. The molecular weight excluding hydrogens is 298 g/mol. The van der Waals surface area contributed by atoms with E-state index in [1.807, 2.05) is 6.92 Å². The second-order valence-corrected chi connectivity index (χ2v) is 7.21. The van der Waals surface area contributed by atoms with Crippen LogP contribution in [0.25, 0.3) is 10.9 Å². The van der Waals surface area contributed by atoms with Crippen LogP contribution >= 0.6 is 0 Å². The van der Waals surface area contributed by atoms with Gasteiger partial charge in [-0.25, -0.2) is 4.98 Å². The van der Waals surface area contributed by atoms with Crippen molar-refractivity contribution in [3.63, 3.8) is 0 Å². The standard InChI is InChI=1S/C20H27N3O/c1-15-8-9-16-17(22-10-4-2-5-11-22)14-18(20(24)19(16)21-15)23-12-6-3-7-13-23/h8-9,14,24H,2-7,10-13H2,1H3. The molecule has 2 aliphatic heterocycles. The van der Waals surface area contributed by atoms with Crippen LogP contribution in [0.1, 0.15) is 44.2 Å². The monoisotopic (exact) mass is 325 g/mol. The summed E-state index contributed by atoms with van der Waals surface area (Å²) in [6.07, 6.45) is 7.53. The van der Waals surface area contributed by atoms with Crippen LogP contribution in [0, 0.1) is 6.92 Å². The maximum atomic E-state index is 10.9. The van der Waals surface area contributed by atoms with E-state index >= 15 is 0 Å². The molecule has 0 aliphatic carbocycles. The third-order valence-corrected chi connectivity index (χ3v) is 5.44. The van der Waals surface area contributed by atoms with Crippen LogP contribution in [-0.2, 0) is 0 Å². The number of aromatic nitrogens is 1. The molecule has 128 valence electrons. The van der Waals surface area contributed by atoms with E-state index in [-0.39, 0.29) is 0 Å². The van der Waals surface area contributed by atoms with Gasteiger partial charge in [-0.05, 0) is 63.6 Å². The first-order valence-corrected chi connectivity index (χ1v) is 9.37. The molecule has 2 fully saturated rings. The van der Waals surface area contributed by atoms with Gasteiger partial charge in [0, 0.05) is 42.9 Å². The minimum Gasteiger partial charge on any atom is -0.504 e.